The molecule has 1 heterocycles. The van der Waals surface area contributed by atoms with Crippen LogP contribution in [0.1, 0.15) is 64.0 Å². The van der Waals surface area contributed by atoms with Crippen molar-refractivity contribution in [3.8, 4) is 5.75 Å². The number of nitrogens with one attached hydrogen (secondary N) is 2. The largest absolute Gasteiger partial charge is 0.490 e. The Kier molecular flexibility index (Phi) is 11.2. The molecule has 170 valence electrons. The van der Waals surface area contributed by atoms with Gasteiger partial charge in [0.2, 0.25) is 0 Å². The highest BCUT2D eigenvalue weighted by molar-refractivity contribution is 14.0. The van der Waals surface area contributed by atoms with Crippen molar-refractivity contribution in [1.29, 1.82) is 0 Å². The number of rotatable bonds is 11. The molecule has 3 rings (SSSR count). The second kappa shape index (κ2) is 13.3. The first-order chi connectivity index (χ1) is 14.2. The lowest BCUT2D eigenvalue weighted by Crippen LogP contribution is -2.38. The van der Waals surface area contributed by atoms with Crippen molar-refractivity contribution in [2.24, 2.45) is 10.9 Å². The maximum atomic E-state index is 14.4. The average Bonchev–Trinajstić information content (AvgIpc) is 3.40. The maximum absolute atomic E-state index is 14.4. The fraction of sp³-hybridized carbons (Fsp3) is 0.696. The third kappa shape index (κ3) is 8.57. The summed E-state index contributed by atoms with van der Waals surface area (Å²) >= 11 is 0. The molecule has 1 aliphatic heterocycles. The van der Waals surface area contributed by atoms with Crippen molar-refractivity contribution in [3.63, 3.8) is 0 Å². The summed E-state index contributed by atoms with van der Waals surface area (Å²) in [5.74, 6) is 1.46. The van der Waals surface area contributed by atoms with Gasteiger partial charge in [-0.3, -0.25) is 4.99 Å². The van der Waals surface area contributed by atoms with Crippen LogP contribution in [0.15, 0.2) is 23.2 Å². The number of guanidine groups is 1. The number of benzene rings is 1. The van der Waals surface area contributed by atoms with E-state index < -0.39 is 0 Å². The number of aliphatic imine (C=N–C) groups is 1. The first-order valence-electron chi connectivity index (χ1n) is 11.3. The van der Waals surface area contributed by atoms with Crippen LogP contribution in [0.25, 0.3) is 0 Å². The first-order valence-corrected chi connectivity index (χ1v) is 11.3. The Morgan fingerprint density at radius 2 is 2.03 bits per heavy atom. The summed E-state index contributed by atoms with van der Waals surface area (Å²) in [7, 11) is 0. The van der Waals surface area contributed by atoms with E-state index in [-0.39, 0.29) is 35.8 Å². The number of likely N-dealkylation sites (tertiary alicyclic amines) is 1. The van der Waals surface area contributed by atoms with Gasteiger partial charge in [-0.15, -0.1) is 24.0 Å². The van der Waals surface area contributed by atoms with E-state index in [1.165, 1.54) is 51.7 Å². The van der Waals surface area contributed by atoms with Gasteiger partial charge >= 0.3 is 0 Å². The standard InChI is InChI=1S/C23H37FN4O.HI/c1-3-25-23(26-12-4-5-13-28-14-6-7-15-28)27-18(2)20-10-11-22(21(24)16-20)29-17-19-8-9-19;/h10-11,16,18-19H,3-9,12-15,17H2,1-2H3,(H2,25,26,27);1H. The smallest absolute Gasteiger partial charge is 0.191 e. The van der Waals surface area contributed by atoms with Gasteiger partial charge < -0.3 is 20.3 Å². The topological polar surface area (TPSA) is 48.9 Å². The predicted octanol–water partition coefficient (Wildman–Crippen LogP) is 4.72. The van der Waals surface area contributed by atoms with E-state index >= 15 is 0 Å². The Hall–Kier alpha value is -1.09. The van der Waals surface area contributed by atoms with Crippen molar-refractivity contribution in [2.75, 3.05) is 39.3 Å². The Labute approximate surface area is 198 Å². The predicted molar refractivity (Wildman–Crippen MR) is 132 cm³/mol. The lowest BCUT2D eigenvalue weighted by Gasteiger charge is -2.19. The van der Waals surface area contributed by atoms with Gasteiger partial charge in [0.1, 0.15) is 0 Å². The number of halogens is 2. The zero-order chi connectivity index (χ0) is 20.5. The molecule has 0 amide bonds. The van der Waals surface area contributed by atoms with Crippen LogP contribution in [-0.4, -0.2) is 50.2 Å². The minimum Gasteiger partial charge on any atom is -0.490 e. The van der Waals surface area contributed by atoms with Crippen LogP contribution >= 0.6 is 24.0 Å². The Morgan fingerprint density at radius 3 is 2.70 bits per heavy atom. The highest BCUT2D eigenvalue weighted by atomic mass is 127. The molecule has 0 bridgehead atoms. The maximum Gasteiger partial charge on any atom is 0.191 e. The van der Waals surface area contributed by atoms with E-state index in [4.69, 9.17) is 9.73 Å². The SMILES string of the molecule is CCNC(=NCCCCN1CCCC1)NC(C)c1ccc(OCC2CC2)c(F)c1.I. The molecule has 30 heavy (non-hydrogen) atoms. The Bertz CT molecular complexity index is 663. The van der Waals surface area contributed by atoms with Crippen LogP contribution in [0.2, 0.25) is 0 Å². The van der Waals surface area contributed by atoms with Gasteiger partial charge in [0, 0.05) is 13.1 Å². The molecule has 2 fully saturated rings. The van der Waals surface area contributed by atoms with Crippen LogP contribution in [0, 0.1) is 11.7 Å². The molecule has 5 nitrogen and oxygen atoms in total. The molecule has 0 radical (unpaired) electrons. The Balaban J connectivity index is 0.00000320. The quantitative estimate of drug-likeness (QED) is 0.187. The van der Waals surface area contributed by atoms with Gasteiger partial charge in [-0.2, -0.15) is 0 Å². The van der Waals surface area contributed by atoms with Gasteiger partial charge in [0.05, 0.1) is 12.6 Å². The Morgan fingerprint density at radius 1 is 1.27 bits per heavy atom. The average molecular weight is 532 g/mol. The minimum absolute atomic E-state index is 0. The molecule has 1 aliphatic carbocycles. The van der Waals surface area contributed by atoms with Crippen LogP contribution in [0.5, 0.6) is 5.75 Å². The van der Waals surface area contributed by atoms with Gasteiger partial charge in [-0.1, -0.05) is 6.07 Å². The number of ether oxygens (including phenoxy) is 1. The second-order valence-electron chi connectivity index (χ2n) is 8.33. The van der Waals surface area contributed by atoms with Crippen molar-refractivity contribution in [3.05, 3.63) is 29.6 Å². The molecule has 7 heteroatoms. The number of nitrogens with zero attached hydrogens (tertiary/aromatic N) is 2. The van der Waals surface area contributed by atoms with Crippen LogP contribution in [0.4, 0.5) is 4.39 Å². The summed E-state index contributed by atoms with van der Waals surface area (Å²) < 4.78 is 20.0. The highest BCUT2D eigenvalue weighted by Gasteiger charge is 2.22. The van der Waals surface area contributed by atoms with Crippen molar-refractivity contribution in [2.45, 2.75) is 58.4 Å². The number of hydrogen-bond donors (Lipinski definition) is 2. The number of unbranched alkanes of at least 4 members (excludes halogenated alkanes) is 1. The summed E-state index contributed by atoms with van der Waals surface area (Å²) in [5, 5.41) is 6.69. The lowest BCUT2D eigenvalue weighted by molar-refractivity contribution is 0.285. The molecular weight excluding hydrogens is 494 g/mol. The van der Waals surface area contributed by atoms with E-state index in [0.717, 1.165) is 31.0 Å². The summed E-state index contributed by atoms with van der Waals surface area (Å²) in [4.78, 5) is 7.24. The van der Waals surface area contributed by atoms with E-state index in [0.29, 0.717) is 18.3 Å². The minimum atomic E-state index is -0.291. The van der Waals surface area contributed by atoms with Gasteiger partial charge in [0.15, 0.2) is 17.5 Å². The number of hydrogen-bond acceptors (Lipinski definition) is 3. The van der Waals surface area contributed by atoms with Gasteiger partial charge in [0.25, 0.3) is 0 Å². The summed E-state index contributed by atoms with van der Waals surface area (Å²) in [6, 6.07) is 5.21. The monoisotopic (exact) mass is 532 g/mol. The molecule has 1 saturated heterocycles. The molecule has 1 aromatic rings. The lowest BCUT2D eigenvalue weighted by atomic mass is 10.1. The first kappa shape index (κ1) is 25.2. The van der Waals surface area contributed by atoms with E-state index in [1.54, 1.807) is 12.1 Å². The highest BCUT2D eigenvalue weighted by Crippen LogP contribution is 2.30. The molecule has 1 saturated carbocycles. The van der Waals surface area contributed by atoms with Gasteiger partial charge in [-0.05, 0) is 95.6 Å². The van der Waals surface area contributed by atoms with Crippen LogP contribution < -0.4 is 15.4 Å². The summed E-state index contributed by atoms with van der Waals surface area (Å²) in [5.41, 5.74) is 0.890. The van der Waals surface area contributed by atoms with Crippen LogP contribution in [0.3, 0.4) is 0 Å². The summed E-state index contributed by atoms with van der Waals surface area (Å²) in [6.07, 6.45) is 7.36. The fourth-order valence-electron chi connectivity index (χ4n) is 3.65. The zero-order valence-corrected chi connectivity index (χ0v) is 20.8. The third-order valence-electron chi connectivity index (χ3n) is 5.68. The molecular formula is C23H38FIN4O. The zero-order valence-electron chi connectivity index (χ0n) is 18.5. The van der Waals surface area contributed by atoms with Gasteiger partial charge in [-0.25, -0.2) is 4.39 Å². The molecule has 0 aromatic heterocycles. The third-order valence-corrected chi connectivity index (χ3v) is 5.68. The molecule has 2 aliphatic rings. The fourth-order valence-corrected chi connectivity index (χ4v) is 3.65. The molecule has 1 atom stereocenters. The van der Waals surface area contributed by atoms with E-state index in [9.17, 15) is 4.39 Å². The van der Waals surface area contributed by atoms with Crippen molar-refractivity contribution >= 4 is 29.9 Å². The normalized spacial score (nSPS) is 18.0. The summed E-state index contributed by atoms with van der Waals surface area (Å²) in [6.45, 7) is 10.0. The molecule has 1 unspecified atom stereocenters. The second-order valence-corrected chi connectivity index (χ2v) is 8.33. The van der Waals surface area contributed by atoms with Crippen LogP contribution in [-0.2, 0) is 0 Å². The molecule has 0 spiro atoms. The van der Waals surface area contributed by atoms with Crippen molar-refractivity contribution < 1.29 is 9.13 Å². The van der Waals surface area contributed by atoms with Crippen molar-refractivity contribution in [1.82, 2.24) is 15.5 Å². The molecule has 2 N–H and O–H groups in total. The van der Waals surface area contributed by atoms with E-state index in [1.807, 2.05) is 13.0 Å². The molecule has 1 aromatic carbocycles. The van der Waals surface area contributed by atoms with E-state index in [2.05, 4.69) is 22.5 Å².